The van der Waals surface area contributed by atoms with Gasteiger partial charge < -0.3 is 4.74 Å². The Balaban J connectivity index is 3.32. The molecule has 0 unspecified atom stereocenters. The fraction of sp³-hybridized carbons (Fsp3) is 0.125. The Morgan fingerprint density at radius 2 is 2.11 bits per heavy atom. The van der Waals surface area contributed by atoms with Crippen LogP contribution in [-0.2, 0) is 14.8 Å². The average Bonchev–Trinajstić information content (AvgIpc) is 2.27. The maximum Gasteiger partial charge on any atom is 0.420 e. The molecular formula is C8H7FN2O6S. The number of amides is 1. The van der Waals surface area contributed by atoms with E-state index in [1.54, 1.807) is 0 Å². The number of methoxy groups -OCH3 is 1. The predicted octanol–water partition coefficient (Wildman–Crippen LogP) is 0.779. The van der Waals surface area contributed by atoms with Gasteiger partial charge in [-0.15, -0.1) is 0 Å². The van der Waals surface area contributed by atoms with Gasteiger partial charge in [0.2, 0.25) is 0 Å². The highest BCUT2D eigenvalue weighted by molar-refractivity contribution is 7.90. The van der Waals surface area contributed by atoms with Gasteiger partial charge in [0.05, 0.1) is 18.1 Å². The molecular weight excluding hydrogens is 271 g/mol. The third kappa shape index (κ3) is 2.91. The first-order valence-electron chi connectivity index (χ1n) is 4.32. The van der Waals surface area contributed by atoms with Crippen LogP contribution in [0.2, 0.25) is 0 Å². The number of rotatable bonds is 3. The summed E-state index contributed by atoms with van der Waals surface area (Å²) < 4.78 is 41.5. The molecule has 0 spiro atoms. The lowest BCUT2D eigenvalue weighted by atomic mass is 10.3. The van der Waals surface area contributed by atoms with E-state index in [9.17, 15) is 27.7 Å². The third-order valence-electron chi connectivity index (χ3n) is 1.81. The van der Waals surface area contributed by atoms with Gasteiger partial charge in [0.1, 0.15) is 5.82 Å². The molecule has 0 aliphatic carbocycles. The highest BCUT2D eigenvalue weighted by Crippen LogP contribution is 2.24. The van der Waals surface area contributed by atoms with E-state index < -0.39 is 37.4 Å². The maximum atomic E-state index is 12.8. The van der Waals surface area contributed by atoms with E-state index >= 15 is 0 Å². The van der Waals surface area contributed by atoms with Crippen LogP contribution in [0.5, 0.6) is 0 Å². The molecule has 0 aliphatic rings. The number of nitrogens with one attached hydrogen (secondary N) is 1. The lowest BCUT2D eigenvalue weighted by molar-refractivity contribution is -0.388. The standard InChI is InChI=1S/C8H7FN2O6S/c1-17-8(12)10-18(15,16)7-3-2-5(9)4-6(7)11(13)14/h2-4H,1H3,(H,10,12). The Hall–Kier alpha value is -2.23. The number of nitrogens with zero attached hydrogens (tertiary/aromatic N) is 1. The van der Waals surface area contributed by atoms with Crippen molar-refractivity contribution in [1.29, 1.82) is 0 Å². The van der Waals surface area contributed by atoms with Crippen molar-refractivity contribution in [2.24, 2.45) is 0 Å². The van der Waals surface area contributed by atoms with Gasteiger partial charge in [-0.2, -0.15) is 0 Å². The Morgan fingerprint density at radius 1 is 1.50 bits per heavy atom. The van der Waals surface area contributed by atoms with E-state index in [4.69, 9.17) is 0 Å². The van der Waals surface area contributed by atoms with Crippen LogP contribution in [0.25, 0.3) is 0 Å². The fourth-order valence-electron chi connectivity index (χ4n) is 1.07. The molecule has 18 heavy (non-hydrogen) atoms. The highest BCUT2D eigenvalue weighted by Gasteiger charge is 2.28. The summed E-state index contributed by atoms with van der Waals surface area (Å²) in [5.41, 5.74) is -0.980. The van der Waals surface area contributed by atoms with E-state index in [2.05, 4.69) is 4.74 Å². The number of nitro benzene ring substituents is 1. The number of sulfonamides is 1. The van der Waals surface area contributed by atoms with Crippen LogP contribution in [0.4, 0.5) is 14.9 Å². The summed E-state index contributed by atoms with van der Waals surface area (Å²) in [7, 11) is -3.58. The summed E-state index contributed by atoms with van der Waals surface area (Å²) in [6.07, 6.45) is -1.31. The number of halogens is 1. The number of hydrogen-bond acceptors (Lipinski definition) is 6. The van der Waals surface area contributed by atoms with Crippen LogP contribution < -0.4 is 4.72 Å². The molecule has 0 heterocycles. The van der Waals surface area contributed by atoms with Crippen LogP contribution in [-0.4, -0.2) is 26.5 Å². The summed E-state index contributed by atoms with van der Waals surface area (Å²) >= 11 is 0. The van der Waals surface area contributed by atoms with Crippen molar-refractivity contribution in [2.75, 3.05) is 7.11 Å². The molecule has 8 nitrogen and oxygen atoms in total. The van der Waals surface area contributed by atoms with Crippen LogP contribution in [0.1, 0.15) is 0 Å². The largest absolute Gasteiger partial charge is 0.452 e. The quantitative estimate of drug-likeness (QED) is 0.645. The smallest absolute Gasteiger partial charge is 0.420 e. The third-order valence-corrected chi connectivity index (χ3v) is 3.17. The zero-order chi connectivity index (χ0) is 13.9. The summed E-state index contributed by atoms with van der Waals surface area (Å²) in [6.45, 7) is 0. The topological polar surface area (TPSA) is 116 Å². The Labute approximate surface area is 101 Å². The lowest BCUT2D eigenvalue weighted by Gasteiger charge is -2.06. The van der Waals surface area contributed by atoms with E-state index in [-0.39, 0.29) is 0 Å². The van der Waals surface area contributed by atoms with Crippen LogP contribution in [0, 0.1) is 15.9 Å². The van der Waals surface area contributed by atoms with Gasteiger partial charge in [-0.1, -0.05) is 0 Å². The molecule has 0 bridgehead atoms. The van der Waals surface area contributed by atoms with E-state index in [0.29, 0.717) is 12.1 Å². The van der Waals surface area contributed by atoms with Crippen molar-refractivity contribution >= 4 is 21.8 Å². The summed E-state index contributed by atoms with van der Waals surface area (Å²) in [6, 6.07) is 1.84. The second-order valence-corrected chi connectivity index (χ2v) is 4.62. The maximum absolute atomic E-state index is 12.8. The predicted molar refractivity (Wildman–Crippen MR) is 55.8 cm³/mol. The Morgan fingerprint density at radius 3 is 2.61 bits per heavy atom. The van der Waals surface area contributed by atoms with Gasteiger partial charge in [-0.25, -0.2) is 22.3 Å². The Kier molecular flexibility index (Phi) is 3.81. The molecule has 0 aromatic heterocycles. The minimum atomic E-state index is -4.50. The van der Waals surface area contributed by atoms with Crippen molar-refractivity contribution in [3.63, 3.8) is 0 Å². The summed E-state index contributed by atoms with van der Waals surface area (Å²) in [5, 5.41) is 10.6. The normalized spacial score (nSPS) is 10.8. The van der Waals surface area contributed by atoms with E-state index in [1.807, 2.05) is 0 Å². The van der Waals surface area contributed by atoms with Gasteiger partial charge in [0, 0.05) is 0 Å². The molecule has 1 rings (SSSR count). The Bertz CT molecular complexity index is 600. The number of benzene rings is 1. The number of carbonyl (C=O) groups is 1. The number of carbonyl (C=O) groups excluding carboxylic acids is 1. The molecule has 1 N–H and O–H groups in total. The summed E-state index contributed by atoms with van der Waals surface area (Å²) in [4.78, 5) is 19.5. The highest BCUT2D eigenvalue weighted by atomic mass is 32.2. The monoisotopic (exact) mass is 278 g/mol. The molecule has 10 heteroatoms. The van der Waals surface area contributed by atoms with Crippen LogP contribution in [0.15, 0.2) is 23.1 Å². The van der Waals surface area contributed by atoms with Crippen LogP contribution >= 0.6 is 0 Å². The molecule has 0 atom stereocenters. The molecule has 0 saturated heterocycles. The van der Waals surface area contributed by atoms with Gasteiger partial charge >= 0.3 is 6.09 Å². The summed E-state index contributed by atoms with van der Waals surface area (Å²) in [5.74, 6) is -0.973. The average molecular weight is 278 g/mol. The molecule has 0 radical (unpaired) electrons. The number of nitro groups is 1. The van der Waals surface area contributed by atoms with Gasteiger partial charge in [-0.05, 0) is 12.1 Å². The van der Waals surface area contributed by atoms with E-state index in [1.165, 1.54) is 4.72 Å². The van der Waals surface area contributed by atoms with Gasteiger partial charge in [0.25, 0.3) is 15.7 Å². The SMILES string of the molecule is COC(=O)NS(=O)(=O)c1ccc(F)cc1[N+](=O)[O-]. The van der Waals surface area contributed by atoms with Crippen molar-refractivity contribution in [1.82, 2.24) is 4.72 Å². The molecule has 0 saturated carbocycles. The second kappa shape index (κ2) is 4.96. The first-order chi connectivity index (χ1) is 8.27. The zero-order valence-electron chi connectivity index (χ0n) is 8.91. The molecule has 1 amide bonds. The van der Waals surface area contributed by atoms with Gasteiger partial charge in [0.15, 0.2) is 4.90 Å². The van der Waals surface area contributed by atoms with Crippen molar-refractivity contribution < 1.29 is 27.3 Å². The minimum Gasteiger partial charge on any atom is -0.452 e. The number of hydrogen-bond donors (Lipinski definition) is 1. The minimum absolute atomic E-state index is 0.436. The van der Waals surface area contributed by atoms with Crippen LogP contribution in [0.3, 0.4) is 0 Å². The molecule has 1 aromatic carbocycles. The van der Waals surface area contributed by atoms with Crippen molar-refractivity contribution in [3.8, 4) is 0 Å². The van der Waals surface area contributed by atoms with E-state index in [0.717, 1.165) is 13.2 Å². The molecule has 98 valence electrons. The van der Waals surface area contributed by atoms with Gasteiger partial charge in [-0.3, -0.25) is 10.1 Å². The molecule has 1 aromatic rings. The first-order valence-corrected chi connectivity index (χ1v) is 5.81. The van der Waals surface area contributed by atoms with Crippen molar-refractivity contribution in [3.05, 3.63) is 34.1 Å². The first kappa shape index (κ1) is 13.8. The second-order valence-electron chi connectivity index (χ2n) is 2.97. The zero-order valence-corrected chi connectivity index (χ0v) is 9.73. The fourth-order valence-corrected chi connectivity index (χ4v) is 2.14. The number of ether oxygens (including phenoxy) is 1. The molecule has 0 fully saturated rings. The molecule has 0 aliphatic heterocycles. The lowest BCUT2D eigenvalue weighted by Crippen LogP contribution is -2.30. The van der Waals surface area contributed by atoms with Crippen molar-refractivity contribution in [2.45, 2.75) is 4.90 Å².